The lowest BCUT2D eigenvalue weighted by molar-refractivity contribution is -0.164. The zero-order chi connectivity index (χ0) is 17.8. The van der Waals surface area contributed by atoms with E-state index in [1.54, 1.807) is 11.8 Å². The molecule has 2 heterocycles. The molecule has 0 radical (unpaired) electrons. The molecule has 1 aromatic rings. The molecule has 2 atom stereocenters. The van der Waals surface area contributed by atoms with Crippen molar-refractivity contribution in [3.05, 3.63) is 30.3 Å². The Hall–Kier alpha value is -2.57. The first-order valence-electron chi connectivity index (χ1n) is 8.55. The van der Waals surface area contributed by atoms with Crippen LogP contribution in [0.2, 0.25) is 0 Å². The van der Waals surface area contributed by atoms with E-state index in [9.17, 15) is 14.4 Å². The van der Waals surface area contributed by atoms with Crippen molar-refractivity contribution < 1.29 is 23.9 Å². The van der Waals surface area contributed by atoms with Crippen LogP contribution in [0.15, 0.2) is 30.3 Å². The molecule has 2 saturated heterocycles. The van der Waals surface area contributed by atoms with Gasteiger partial charge in [-0.3, -0.25) is 4.79 Å². The van der Waals surface area contributed by atoms with E-state index in [1.807, 2.05) is 30.3 Å². The third-order valence-corrected chi connectivity index (χ3v) is 4.53. The molecule has 0 saturated carbocycles. The molecule has 0 aromatic heterocycles. The van der Waals surface area contributed by atoms with Crippen molar-refractivity contribution in [3.8, 4) is 0 Å². The smallest absolute Gasteiger partial charge is 0.347 e. The molecular formula is C18H22N2O5. The first-order valence-corrected chi connectivity index (χ1v) is 8.55. The van der Waals surface area contributed by atoms with Crippen LogP contribution in [-0.2, 0) is 19.1 Å². The summed E-state index contributed by atoms with van der Waals surface area (Å²) in [5, 5.41) is 2.83. The van der Waals surface area contributed by atoms with Crippen LogP contribution in [0, 0.1) is 5.92 Å². The molecule has 0 aliphatic carbocycles. The van der Waals surface area contributed by atoms with E-state index in [0.29, 0.717) is 32.4 Å². The van der Waals surface area contributed by atoms with E-state index >= 15 is 0 Å². The molecule has 0 bridgehead atoms. The summed E-state index contributed by atoms with van der Waals surface area (Å²) in [5.41, 5.74) is 0.739. The summed E-state index contributed by atoms with van der Waals surface area (Å²) < 4.78 is 10.3. The molecule has 3 rings (SSSR count). The van der Waals surface area contributed by atoms with Crippen LogP contribution < -0.4 is 5.32 Å². The van der Waals surface area contributed by atoms with Gasteiger partial charge in [0.15, 0.2) is 0 Å². The second-order valence-electron chi connectivity index (χ2n) is 6.47. The highest BCUT2D eigenvalue weighted by Gasteiger charge is 2.37. The van der Waals surface area contributed by atoms with Gasteiger partial charge < -0.3 is 19.7 Å². The standard InChI is InChI=1S/C18H22N2O5/c1-12-11-15(17(22)24-12)25-16(21)13-7-9-20(10-8-13)18(23)19-14-5-3-2-4-6-14/h2-6,12-13,15H,7-11H2,1H3,(H,19,23)/t12-,15-/m0/s1. The number of carbonyl (C=O) groups excluding carboxylic acids is 3. The van der Waals surface area contributed by atoms with Crippen molar-refractivity contribution in [1.82, 2.24) is 4.90 Å². The number of esters is 2. The normalized spacial score (nSPS) is 23.9. The molecular weight excluding hydrogens is 324 g/mol. The monoisotopic (exact) mass is 346 g/mol. The van der Waals surface area contributed by atoms with Gasteiger partial charge in [0, 0.05) is 25.2 Å². The Morgan fingerprint density at radius 3 is 2.48 bits per heavy atom. The summed E-state index contributed by atoms with van der Waals surface area (Å²) in [6.07, 6.45) is 0.454. The molecule has 1 N–H and O–H groups in total. The van der Waals surface area contributed by atoms with Gasteiger partial charge in [-0.15, -0.1) is 0 Å². The highest BCUT2D eigenvalue weighted by atomic mass is 16.6. The summed E-state index contributed by atoms with van der Waals surface area (Å²) in [7, 11) is 0. The van der Waals surface area contributed by atoms with Gasteiger partial charge in [-0.25, -0.2) is 9.59 Å². The fourth-order valence-electron chi connectivity index (χ4n) is 3.09. The van der Waals surface area contributed by atoms with Crippen LogP contribution in [0.25, 0.3) is 0 Å². The maximum absolute atomic E-state index is 12.2. The van der Waals surface area contributed by atoms with E-state index in [1.165, 1.54) is 0 Å². The lowest BCUT2D eigenvalue weighted by Crippen LogP contribution is -2.43. The average Bonchev–Trinajstić information content (AvgIpc) is 2.93. The molecule has 2 fully saturated rings. The van der Waals surface area contributed by atoms with Crippen LogP contribution >= 0.6 is 0 Å². The van der Waals surface area contributed by atoms with Crippen LogP contribution in [0.3, 0.4) is 0 Å². The molecule has 7 nitrogen and oxygen atoms in total. The van der Waals surface area contributed by atoms with Crippen molar-refractivity contribution in [1.29, 1.82) is 0 Å². The number of hydrogen-bond acceptors (Lipinski definition) is 5. The SMILES string of the molecule is C[C@H]1C[C@H](OC(=O)C2CCN(C(=O)Nc3ccccc3)CC2)C(=O)O1. The molecule has 25 heavy (non-hydrogen) atoms. The number of nitrogens with one attached hydrogen (secondary N) is 1. The minimum atomic E-state index is -0.790. The Bertz CT molecular complexity index is 640. The number of piperidine rings is 1. The number of rotatable bonds is 3. The number of likely N-dealkylation sites (tertiary alicyclic amines) is 1. The highest BCUT2D eigenvalue weighted by Crippen LogP contribution is 2.23. The van der Waals surface area contributed by atoms with Crippen LogP contribution in [-0.4, -0.2) is 48.2 Å². The molecule has 1 aromatic carbocycles. The lowest BCUT2D eigenvalue weighted by atomic mass is 9.97. The lowest BCUT2D eigenvalue weighted by Gasteiger charge is -2.31. The molecule has 134 valence electrons. The zero-order valence-electron chi connectivity index (χ0n) is 14.1. The van der Waals surface area contributed by atoms with Crippen molar-refractivity contribution >= 4 is 23.7 Å². The molecule has 2 aliphatic rings. The third kappa shape index (κ3) is 4.29. The molecule has 7 heteroatoms. The van der Waals surface area contributed by atoms with Crippen LogP contribution in [0.4, 0.5) is 10.5 Å². The first kappa shape index (κ1) is 17.3. The van der Waals surface area contributed by atoms with E-state index in [-0.39, 0.29) is 24.0 Å². The number of anilines is 1. The minimum Gasteiger partial charge on any atom is -0.460 e. The van der Waals surface area contributed by atoms with Gasteiger partial charge in [0.2, 0.25) is 6.10 Å². The minimum absolute atomic E-state index is 0.175. The fourth-order valence-corrected chi connectivity index (χ4v) is 3.09. The van der Waals surface area contributed by atoms with Crippen molar-refractivity contribution in [3.63, 3.8) is 0 Å². The molecule has 2 aliphatic heterocycles. The highest BCUT2D eigenvalue weighted by molar-refractivity contribution is 5.89. The topological polar surface area (TPSA) is 84.9 Å². The maximum Gasteiger partial charge on any atom is 0.347 e. The number of nitrogens with zero attached hydrogens (tertiary/aromatic N) is 1. The quantitative estimate of drug-likeness (QED) is 0.848. The number of para-hydroxylation sites is 1. The van der Waals surface area contributed by atoms with E-state index in [4.69, 9.17) is 9.47 Å². The largest absolute Gasteiger partial charge is 0.460 e. The van der Waals surface area contributed by atoms with Gasteiger partial charge in [-0.05, 0) is 31.9 Å². The Labute approximate surface area is 146 Å². The Balaban J connectivity index is 1.46. The number of amides is 2. The Kier molecular flexibility index (Phi) is 5.21. The first-order chi connectivity index (χ1) is 12.0. The van der Waals surface area contributed by atoms with Crippen LogP contribution in [0.1, 0.15) is 26.2 Å². The van der Waals surface area contributed by atoms with E-state index < -0.39 is 12.1 Å². The summed E-state index contributed by atoms with van der Waals surface area (Å²) >= 11 is 0. The number of ether oxygens (including phenoxy) is 2. The molecule has 0 spiro atoms. The Morgan fingerprint density at radius 2 is 1.88 bits per heavy atom. The average molecular weight is 346 g/mol. The van der Waals surface area contributed by atoms with Gasteiger partial charge in [0.1, 0.15) is 6.10 Å². The van der Waals surface area contributed by atoms with Crippen LogP contribution in [0.5, 0.6) is 0 Å². The molecule has 2 amide bonds. The summed E-state index contributed by atoms with van der Waals surface area (Å²) in [4.78, 5) is 37.7. The predicted octanol–water partition coefficient (Wildman–Crippen LogP) is 2.18. The summed E-state index contributed by atoms with van der Waals surface area (Å²) in [6.45, 7) is 2.73. The Morgan fingerprint density at radius 1 is 1.20 bits per heavy atom. The number of cyclic esters (lactones) is 1. The third-order valence-electron chi connectivity index (χ3n) is 4.53. The second-order valence-corrected chi connectivity index (χ2v) is 6.47. The summed E-state index contributed by atoms with van der Waals surface area (Å²) in [5.74, 6) is -1.14. The van der Waals surface area contributed by atoms with Crippen molar-refractivity contribution in [2.24, 2.45) is 5.92 Å². The van der Waals surface area contributed by atoms with E-state index in [0.717, 1.165) is 5.69 Å². The van der Waals surface area contributed by atoms with Gasteiger partial charge in [-0.1, -0.05) is 18.2 Å². The van der Waals surface area contributed by atoms with Crippen molar-refractivity contribution in [2.75, 3.05) is 18.4 Å². The number of hydrogen-bond donors (Lipinski definition) is 1. The second kappa shape index (κ2) is 7.55. The number of carbonyl (C=O) groups is 3. The zero-order valence-corrected chi connectivity index (χ0v) is 14.1. The number of urea groups is 1. The molecule has 0 unspecified atom stereocenters. The number of benzene rings is 1. The van der Waals surface area contributed by atoms with E-state index in [2.05, 4.69) is 5.32 Å². The maximum atomic E-state index is 12.2. The van der Waals surface area contributed by atoms with Gasteiger partial charge >= 0.3 is 18.0 Å². The predicted molar refractivity (Wildman–Crippen MR) is 89.8 cm³/mol. The van der Waals surface area contributed by atoms with Gasteiger partial charge in [0.05, 0.1) is 5.92 Å². The van der Waals surface area contributed by atoms with Crippen molar-refractivity contribution in [2.45, 2.75) is 38.4 Å². The summed E-state index contributed by atoms with van der Waals surface area (Å²) in [6, 6.07) is 9.06. The fraction of sp³-hybridized carbons (Fsp3) is 0.500. The van der Waals surface area contributed by atoms with Gasteiger partial charge in [0.25, 0.3) is 0 Å². The van der Waals surface area contributed by atoms with Gasteiger partial charge in [-0.2, -0.15) is 0 Å².